The van der Waals surface area contributed by atoms with E-state index in [0.29, 0.717) is 6.04 Å². The van der Waals surface area contributed by atoms with E-state index in [1.165, 1.54) is 5.56 Å². The second-order valence-corrected chi connectivity index (χ2v) is 7.85. The van der Waals surface area contributed by atoms with Crippen molar-refractivity contribution < 1.29 is 9.47 Å². The van der Waals surface area contributed by atoms with E-state index in [9.17, 15) is 0 Å². The minimum absolute atomic E-state index is 0.483. The lowest BCUT2D eigenvalue weighted by Gasteiger charge is -2.39. The van der Waals surface area contributed by atoms with Crippen LogP contribution in [0.3, 0.4) is 0 Å². The Balaban J connectivity index is 1.33. The maximum atomic E-state index is 5.44. The van der Waals surface area contributed by atoms with Gasteiger partial charge < -0.3 is 14.4 Å². The highest BCUT2D eigenvalue weighted by Crippen LogP contribution is 2.19. The van der Waals surface area contributed by atoms with Crippen molar-refractivity contribution in [2.45, 2.75) is 26.1 Å². The lowest BCUT2D eigenvalue weighted by molar-refractivity contribution is 0.0723. The van der Waals surface area contributed by atoms with Crippen molar-refractivity contribution in [2.24, 2.45) is 0 Å². The van der Waals surface area contributed by atoms with Crippen LogP contribution in [0.1, 0.15) is 18.2 Å². The zero-order valence-corrected chi connectivity index (χ0v) is 17.5. The fraction of sp³-hybridized carbons (Fsp3) is 0.545. The predicted molar refractivity (Wildman–Crippen MR) is 113 cm³/mol. The number of hydrogen-bond acceptors (Lipinski definition) is 7. The van der Waals surface area contributed by atoms with Crippen LogP contribution in [0.5, 0.6) is 5.75 Å². The number of methoxy groups -OCH3 is 1. The number of nitrogens with zero attached hydrogens (tertiary/aromatic N) is 5. The van der Waals surface area contributed by atoms with Crippen molar-refractivity contribution in [3.63, 3.8) is 0 Å². The lowest BCUT2D eigenvalue weighted by atomic mass is 10.1. The molecule has 29 heavy (non-hydrogen) atoms. The lowest BCUT2D eigenvalue weighted by Crippen LogP contribution is -2.51. The third kappa shape index (κ3) is 5.23. The largest absolute Gasteiger partial charge is 0.497 e. The molecule has 156 valence electrons. The van der Waals surface area contributed by atoms with E-state index < -0.39 is 0 Å². The fourth-order valence-corrected chi connectivity index (χ4v) is 4.07. The number of aromatic nitrogens is 2. The summed E-state index contributed by atoms with van der Waals surface area (Å²) in [4.78, 5) is 16.5. The molecule has 4 rings (SSSR count). The number of morpholine rings is 1. The summed E-state index contributed by atoms with van der Waals surface area (Å²) < 4.78 is 10.8. The van der Waals surface area contributed by atoms with Gasteiger partial charge in [-0.05, 0) is 30.7 Å². The smallest absolute Gasteiger partial charge is 0.225 e. The molecule has 0 saturated carbocycles. The van der Waals surface area contributed by atoms with Crippen molar-refractivity contribution >= 4 is 5.95 Å². The van der Waals surface area contributed by atoms with E-state index in [1.807, 2.05) is 18.3 Å². The Labute approximate surface area is 173 Å². The van der Waals surface area contributed by atoms with Crippen molar-refractivity contribution in [2.75, 3.05) is 57.9 Å². The Bertz CT molecular complexity index is 796. The van der Waals surface area contributed by atoms with Gasteiger partial charge in [-0.1, -0.05) is 12.1 Å². The van der Waals surface area contributed by atoms with Crippen molar-refractivity contribution in [3.05, 3.63) is 47.8 Å². The van der Waals surface area contributed by atoms with Gasteiger partial charge in [0.1, 0.15) is 5.75 Å². The minimum atomic E-state index is 0.483. The van der Waals surface area contributed by atoms with E-state index in [1.54, 1.807) is 7.11 Å². The molecule has 1 aromatic heterocycles. The third-order valence-corrected chi connectivity index (χ3v) is 5.75. The molecule has 0 spiro atoms. The molecular formula is C22H31N5O2. The summed E-state index contributed by atoms with van der Waals surface area (Å²) in [6.07, 6.45) is 1.89. The molecule has 7 nitrogen and oxygen atoms in total. The standard InChI is InChI=1S/C22H31N5O2/c1-18-15-25(16-19-4-3-5-21(14-19)28-2)8-9-27(18)17-20-6-7-23-22(24-20)26-10-12-29-13-11-26/h3-7,14,18H,8-13,15-17H2,1-2H3. The average Bonchev–Trinajstić information content (AvgIpc) is 2.77. The molecule has 0 amide bonds. The predicted octanol–water partition coefficient (Wildman–Crippen LogP) is 2.03. The second kappa shape index (κ2) is 9.52. The molecule has 1 unspecified atom stereocenters. The van der Waals surface area contributed by atoms with Crippen LogP contribution in [-0.4, -0.2) is 78.9 Å². The molecule has 2 aliphatic heterocycles. The molecule has 2 saturated heterocycles. The highest BCUT2D eigenvalue weighted by molar-refractivity contribution is 5.31. The number of rotatable bonds is 6. The summed E-state index contributed by atoms with van der Waals surface area (Å²) in [7, 11) is 1.72. The van der Waals surface area contributed by atoms with Crippen LogP contribution < -0.4 is 9.64 Å². The van der Waals surface area contributed by atoms with Gasteiger partial charge in [0.2, 0.25) is 5.95 Å². The van der Waals surface area contributed by atoms with Gasteiger partial charge in [-0.15, -0.1) is 0 Å². The first-order valence-electron chi connectivity index (χ1n) is 10.5. The van der Waals surface area contributed by atoms with Crippen LogP contribution in [0.4, 0.5) is 5.95 Å². The maximum Gasteiger partial charge on any atom is 0.225 e. The molecule has 3 heterocycles. The van der Waals surface area contributed by atoms with Crippen molar-refractivity contribution in [1.29, 1.82) is 0 Å². The summed E-state index contributed by atoms with van der Waals surface area (Å²) in [5.41, 5.74) is 2.39. The van der Waals surface area contributed by atoms with E-state index >= 15 is 0 Å². The van der Waals surface area contributed by atoms with Gasteiger partial charge >= 0.3 is 0 Å². The van der Waals surface area contributed by atoms with Crippen LogP contribution in [0.25, 0.3) is 0 Å². The Kier molecular flexibility index (Phi) is 6.59. The quantitative estimate of drug-likeness (QED) is 0.739. The number of benzene rings is 1. The maximum absolute atomic E-state index is 5.44. The minimum Gasteiger partial charge on any atom is -0.497 e. The normalized spacial score (nSPS) is 21.3. The summed E-state index contributed by atoms with van der Waals surface area (Å²) in [5.74, 6) is 1.75. The molecule has 1 aromatic carbocycles. The molecule has 2 aromatic rings. The van der Waals surface area contributed by atoms with Crippen LogP contribution in [0.15, 0.2) is 36.5 Å². The van der Waals surface area contributed by atoms with E-state index in [4.69, 9.17) is 14.5 Å². The Morgan fingerprint density at radius 3 is 2.76 bits per heavy atom. The number of ether oxygens (including phenoxy) is 2. The molecule has 0 bridgehead atoms. The monoisotopic (exact) mass is 397 g/mol. The summed E-state index contributed by atoms with van der Waals surface area (Å²) >= 11 is 0. The van der Waals surface area contributed by atoms with Crippen LogP contribution in [-0.2, 0) is 17.8 Å². The van der Waals surface area contributed by atoms with Gasteiger partial charge in [-0.25, -0.2) is 9.97 Å². The molecular weight excluding hydrogens is 366 g/mol. The van der Waals surface area contributed by atoms with Gasteiger partial charge in [0, 0.05) is 58.1 Å². The molecule has 0 radical (unpaired) electrons. The van der Waals surface area contributed by atoms with Crippen molar-refractivity contribution in [3.8, 4) is 5.75 Å². The second-order valence-electron chi connectivity index (χ2n) is 7.85. The zero-order valence-electron chi connectivity index (χ0n) is 17.5. The van der Waals surface area contributed by atoms with Gasteiger partial charge in [-0.3, -0.25) is 9.80 Å². The number of piperazine rings is 1. The third-order valence-electron chi connectivity index (χ3n) is 5.75. The van der Waals surface area contributed by atoms with Gasteiger partial charge in [0.05, 0.1) is 26.0 Å². The van der Waals surface area contributed by atoms with Crippen molar-refractivity contribution in [1.82, 2.24) is 19.8 Å². The van der Waals surface area contributed by atoms with E-state index in [-0.39, 0.29) is 0 Å². The molecule has 2 fully saturated rings. The fourth-order valence-electron chi connectivity index (χ4n) is 4.07. The molecule has 2 aliphatic rings. The first-order valence-corrected chi connectivity index (χ1v) is 10.5. The molecule has 0 N–H and O–H groups in total. The summed E-state index contributed by atoms with van der Waals surface area (Å²) in [6.45, 7) is 10.5. The average molecular weight is 398 g/mol. The van der Waals surface area contributed by atoms with Gasteiger partial charge in [0.15, 0.2) is 0 Å². The summed E-state index contributed by atoms with van der Waals surface area (Å²) in [6, 6.07) is 10.9. The van der Waals surface area contributed by atoms with Gasteiger partial charge in [0.25, 0.3) is 0 Å². The molecule has 1 atom stereocenters. The van der Waals surface area contributed by atoms with E-state index in [0.717, 1.165) is 76.4 Å². The van der Waals surface area contributed by atoms with Gasteiger partial charge in [-0.2, -0.15) is 0 Å². The van der Waals surface area contributed by atoms with Crippen LogP contribution >= 0.6 is 0 Å². The van der Waals surface area contributed by atoms with E-state index in [2.05, 4.69) is 44.8 Å². The first kappa shape index (κ1) is 20.1. The highest BCUT2D eigenvalue weighted by Gasteiger charge is 2.24. The SMILES string of the molecule is COc1cccc(CN2CCN(Cc3ccnc(N4CCOCC4)n3)C(C)C2)c1. The Hall–Kier alpha value is -2.22. The number of hydrogen-bond donors (Lipinski definition) is 0. The summed E-state index contributed by atoms with van der Waals surface area (Å²) in [5, 5.41) is 0. The first-order chi connectivity index (χ1) is 14.2. The van der Waals surface area contributed by atoms with Crippen LogP contribution in [0, 0.1) is 0 Å². The Morgan fingerprint density at radius 1 is 1.10 bits per heavy atom. The molecule has 0 aliphatic carbocycles. The zero-order chi connectivity index (χ0) is 20.1. The highest BCUT2D eigenvalue weighted by atomic mass is 16.5. The van der Waals surface area contributed by atoms with Crippen LogP contribution in [0.2, 0.25) is 0 Å². The molecule has 7 heteroatoms. The number of anilines is 1. The topological polar surface area (TPSA) is 54.0 Å². The Morgan fingerprint density at radius 2 is 1.97 bits per heavy atom.